The van der Waals surface area contributed by atoms with Crippen LogP contribution in [-0.2, 0) is 14.3 Å². The molecule has 0 aliphatic rings. The summed E-state index contributed by atoms with van der Waals surface area (Å²) in [6, 6.07) is 2.61. The number of hydrogen-bond donors (Lipinski definition) is 2. The molecule has 9 heteroatoms. The molecule has 24 heavy (non-hydrogen) atoms. The predicted octanol–water partition coefficient (Wildman–Crippen LogP) is 0.896. The Morgan fingerprint density at radius 3 is 2.54 bits per heavy atom. The van der Waals surface area contributed by atoms with Gasteiger partial charge < -0.3 is 25.3 Å². The highest BCUT2D eigenvalue weighted by atomic mass is 35.5. The number of ether oxygens (including phenoxy) is 3. The van der Waals surface area contributed by atoms with E-state index in [1.165, 1.54) is 19.2 Å². The van der Waals surface area contributed by atoms with Gasteiger partial charge in [-0.05, 0) is 18.6 Å². The Balaban J connectivity index is 2.81. The van der Waals surface area contributed by atoms with Crippen LogP contribution in [0, 0.1) is 0 Å². The molecule has 0 unspecified atom stereocenters. The van der Waals surface area contributed by atoms with Gasteiger partial charge in [0.1, 0.15) is 0 Å². The number of halogens is 1. The first kappa shape index (κ1) is 19.6. The molecule has 1 aromatic carbocycles. The summed E-state index contributed by atoms with van der Waals surface area (Å²) in [7, 11) is 1.34. The zero-order valence-corrected chi connectivity index (χ0v) is 14.1. The summed E-state index contributed by atoms with van der Waals surface area (Å²) in [5.74, 6) is -1.62. The fourth-order valence-electron chi connectivity index (χ4n) is 1.65. The van der Waals surface area contributed by atoms with E-state index >= 15 is 0 Å². The third-order valence-corrected chi connectivity index (χ3v) is 3.01. The number of methoxy groups -OCH3 is 1. The summed E-state index contributed by atoms with van der Waals surface area (Å²) in [5.41, 5.74) is 5.08. The summed E-state index contributed by atoms with van der Waals surface area (Å²) in [6.45, 7) is 1.61. The molecule has 0 heterocycles. The molecule has 0 aliphatic carbocycles. The molecule has 1 aromatic rings. The standard InChI is InChI=1S/C15H19ClN2O6/c1-3-4-18-13(20)8-24-15(21)9-5-10(16)14(11(6-9)22-2)23-7-12(17)19/h5-6H,3-4,7-8H2,1-2H3,(H2,17,19)(H,18,20). The largest absolute Gasteiger partial charge is 0.493 e. The van der Waals surface area contributed by atoms with Crippen molar-refractivity contribution in [2.24, 2.45) is 5.73 Å². The van der Waals surface area contributed by atoms with Gasteiger partial charge >= 0.3 is 5.97 Å². The molecule has 0 fully saturated rings. The van der Waals surface area contributed by atoms with Gasteiger partial charge in [-0.25, -0.2) is 4.79 Å². The lowest BCUT2D eigenvalue weighted by Gasteiger charge is -2.13. The van der Waals surface area contributed by atoms with Crippen molar-refractivity contribution >= 4 is 29.4 Å². The van der Waals surface area contributed by atoms with E-state index in [0.29, 0.717) is 6.54 Å². The zero-order valence-electron chi connectivity index (χ0n) is 13.4. The molecule has 8 nitrogen and oxygen atoms in total. The number of nitrogens with one attached hydrogen (secondary N) is 1. The second-order valence-corrected chi connectivity index (χ2v) is 5.08. The van der Waals surface area contributed by atoms with Gasteiger partial charge in [-0.1, -0.05) is 18.5 Å². The van der Waals surface area contributed by atoms with Gasteiger partial charge in [0, 0.05) is 6.54 Å². The topological polar surface area (TPSA) is 117 Å². The highest BCUT2D eigenvalue weighted by molar-refractivity contribution is 6.32. The van der Waals surface area contributed by atoms with Crippen LogP contribution in [0.2, 0.25) is 5.02 Å². The molecule has 0 saturated carbocycles. The van der Waals surface area contributed by atoms with Crippen LogP contribution in [0.3, 0.4) is 0 Å². The van der Waals surface area contributed by atoms with Gasteiger partial charge in [0.25, 0.3) is 11.8 Å². The summed E-state index contributed by atoms with van der Waals surface area (Å²) >= 11 is 6.03. The highest BCUT2D eigenvalue weighted by Gasteiger charge is 2.18. The second-order valence-electron chi connectivity index (χ2n) is 4.67. The van der Waals surface area contributed by atoms with Crippen LogP contribution in [0.25, 0.3) is 0 Å². The maximum atomic E-state index is 12.0. The number of amides is 2. The number of esters is 1. The van der Waals surface area contributed by atoms with Crippen molar-refractivity contribution in [3.8, 4) is 11.5 Å². The van der Waals surface area contributed by atoms with Crippen LogP contribution in [-0.4, -0.2) is 44.7 Å². The van der Waals surface area contributed by atoms with Crippen LogP contribution >= 0.6 is 11.6 Å². The van der Waals surface area contributed by atoms with E-state index in [1.54, 1.807) is 0 Å². The minimum Gasteiger partial charge on any atom is -0.493 e. The number of primary amides is 1. The monoisotopic (exact) mass is 358 g/mol. The third-order valence-electron chi connectivity index (χ3n) is 2.73. The number of carbonyl (C=O) groups is 3. The van der Waals surface area contributed by atoms with E-state index in [9.17, 15) is 14.4 Å². The summed E-state index contributed by atoms with van der Waals surface area (Å²) in [6.07, 6.45) is 0.777. The van der Waals surface area contributed by atoms with Crippen molar-refractivity contribution in [1.82, 2.24) is 5.32 Å². The van der Waals surface area contributed by atoms with Gasteiger partial charge in [0.15, 0.2) is 24.7 Å². The first-order valence-corrected chi connectivity index (χ1v) is 7.49. The number of hydrogen-bond acceptors (Lipinski definition) is 6. The van der Waals surface area contributed by atoms with E-state index < -0.39 is 31.0 Å². The molecular formula is C15H19ClN2O6. The van der Waals surface area contributed by atoms with Gasteiger partial charge in [-0.3, -0.25) is 9.59 Å². The van der Waals surface area contributed by atoms with Gasteiger partial charge in [-0.2, -0.15) is 0 Å². The Hall–Kier alpha value is -2.48. The molecule has 0 bridgehead atoms. The Kier molecular flexibility index (Phi) is 7.84. The molecule has 0 saturated heterocycles. The number of rotatable bonds is 9. The third kappa shape index (κ3) is 5.96. The lowest BCUT2D eigenvalue weighted by molar-refractivity contribution is -0.124. The molecule has 0 atom stereocenters. The number of benzene rings is 1. The van der Waals surface area contributed by atoms with E-state index in [4.69, 9.17) is 31.5 Å². The van der Waals surface area contributed by atoms with Crippen molar-refractivity contribution in [1.29, 1.82) is 0 Å². The summed E-state index contributed by atoms with van der Waals surface area (Å²) in [4.78, 5) is 34.2. The molecular weight excluding hydrogens is 340 g/mol. The van der Waals surface area contributed by atoms with Crippen LogP contribution in [0.4, 0.5) is 0 Å². The first-order valence-electron chi connectivity index (χ1n) is 7.11. The van der Waals surface area contributed by atoms with Crippen LogP contribution in [0.5, 0.6) is 11.5 Å². The first-order chi connectivity index (χ1) is 11.4. The molecule has 0 spiro atoms. The van der Waals surface area contributed by atoms with E-state index in [-0.39, 0.29) is 22.1 Å². The Morgan fingerprint density at radius 2 is 1.96 bits per heavy atom. The second kappa shape index (κ2) is 9.61. The minimum atomic E-state index is -0.747. The Bertz CT molecular complexity index is 620. The van der Waals surface area contributed by atoms with Crippen molar-refractivity contribution in [3.05, 3.63) is 22.7 Å². The fraction of sp³-hybridized carbons (Fsp3) is 0.400. The van der Waals surface area contributed by atoms with Gasteiger partial charge in [0.2, 0.25) is 0 Å². The SMILES string of the molecule is CCCNC(=O)COC(=O)c1cc(Cl)c(OCC(N)=O)c(OC)c1. The molecule has 3 N–H and O–H groups in total. The molecule has 2 amide bonds. The molecule has 0 aliphatic heterocycles. The van der Waals surface area contributed by atoms with Crippen molar-refractivity contribution in [3.63, 3.8) is 0 Å². The average Bonchev–Trinajstić information content (AvgIpc) is 2.55. The quantitative estimate of drug-likeness (QED) is 0.633. The van der Waals surface area contributed by atoms with E-state index in [2.05, 4.69) is 5.32 Å². The van der Waals surface area contributed by atoms with Crippen LogP contribution < -0.4 is 20.5 Å². The number of nitrogens with two attached hydrogens (primary N) is 1. The van der Waals surface area contributed by atoms with Crippen molar-refractivity contribution in [2.75, 3.05) is 26.9 Å². The lowest BCUT2D eigenvalue weighted by atomic mass is 10.2. The van der Waals surface area contributed by atoms with Gasteiger partial charge in [0.05, 0.1) is 17.7 Å². The summed E-state index contributed by atoms with van der Waals surface area (Å²) in [5, 5.41) is 2.62. The lowest BCUT2D eigenvalue weighted by Crippen LogP contribution is -2.29. The molecule has 1 rings (SSSR count). The maximum Gasteiger partial charge on any atom is 0.338 e. The Labute approximate surface area is 144 Å². The minimum absolute atomic E-state index is 0.0398. The molecule has 0 aromatic heterocycles. The highest BCUT2D eigenvalue weighted by Crippen LogP contribution is 2.36. The fourth-order valence-corrected chi connectivity index (χ4v) is 1.92. The number of carbonyl (C=O) groups excluding carboxylic acids is 3. The van der Waals surface area contributed by atoms with E-state index in [0.717, 1.165) is 6.42 Å². The average molecular weight is 359 g/mol. The molecule has 132 valence electrons. The smallest absolute Gasteiger partial charge is 0.338 e. The van der Waals surface area contributed by atoms with E-state index in [1.807, 2.05) is 6.92 Å². The van der Waals surface area contributed by atoms with Crippen molar-refractivity contribution < 1.29 is 28.6 Å². The van der Waals surface area contributed by atoms with Crippen LogP contribution in [0.1, 0.15) is 23.7 Å². The summed E-state index contributed by atoms with van der Waals surface area (Å²) < 4.78 is 15.1. The molecule has 0 radical (unpaired) electrons. The zero-order chi connectivity index (χ0) is 18.1. The van der Waals surface area contributed by atoms with Crippen LogP contribution in [0.15, 0.2) is 12.1 Å². The van der Waals surface area contributed by atoms with Crippen molar-refractivity contribution in [2.45, 2.75) is 13.3 Å². The predicted molar refractivity (Wildman–Crippen MR) is 86.3 cm³/mol. The Morgan fingerprint density at radius 1 is 1.25 bits per heavy atom. The van der Waals surface area contributed by atoms with Gasteiger partial charge in [-0.15, -0.1) is 0 Å². The normalized spacial score (nSPS) is 9.96. The maximum absolute atomic E-state index is 12.0.